The topological polar surface area (TPSA) is 83.5 Å². The third-order valence-corrected chi connectivity index (χ3v) is 2.01. The first-order valence-corrected chi connectivity index (χ1v) is 4.98. The average Bonchev–Trinajstić information content (AvgIpc) is 2.28. The highest BCUT2D eigenvalue weighted by Gasteiger charge is 2.07. The molecular weight excluding hydrogens is 228 g/mol. The van der Waals surface area contributed by atoms with Gasteiger partial charge in [0.2, 0.25) is 0 Å². The van der Waals surface area contributed by atoms with Crippen molar-refractivity contribution in [1.82, 2.24) is 10.3 Å². The highest BCUT2D eigenvalue weighted by molar-refractivity contribution is 6.29. The van der Waals surface area contributed by atoms with Crippen LogP contribution >= 0.6 is 11.6 Å². The first kappa shape index (κ1) is 12.5. The van der Waals surface area contributed by atoms with E-state index < -0.39 is 0 Å². The Bertz CT molecular complexity index is 406. The van der Waals surface area contributed by atoms with E-state index in [-0.39, 0.29) is 5.84 Å². The molecule has 16 heavy (non-hydrogen) atoms. The summed E-state index contributed by atoms with van der Waals surface area (Å²) in [6.07, 6.45) is 1.58. The molecule has 0 unspecified atom stereocenters. The van der Waals surface area contributed by atoms with Gasteiger partial charge in [-0.1, -0.05) is 29.4 Å². The summed E-state index contributed by atoms with van der Waals surface area (Å²) in [6, 6.07) is 3.62. The highest BCUT2D eigenvalue weighted by Crippen LogP contribution is 2.05. The number of rotatable bonds is 5. The molecule has 4 N–H and O–H groups in total. The molecule has 1 rings (SSSR count). The maximum Gasteiger partial charge on any atom is 0.189 e. The SMILES string of the molecule is C=C(Cl)CNCc1cccnc1/C(N)=N\O. The molecule has 86 valence electrons. The van der Waals surface area contributed by atoms with Crippen LogP contribution in [0.4, 0.5) is 0 Å². The largest absolute Gasteiger partial charge is 0.409 e. The molecule has 0 aromatic carbocycles. The third kappa shape index (κ3) is 3.52. The van der Waals surface area contributed by atoms with Crippen LogP contribution in [0, 0.1) is 0 Å². The van der Waals surface area contributed by atoms with E-state index in [1.807, 2.05) is 6.07 Å². The number of halogens is 1. The van der Waals surface area contributed by atoms with Crippen molar-refractivity contribution < 1.29 is 5.21 Å². The van der Waals surface area contributed by atoms with Crippen molar-refractivity contribution in [1.29, 1.82) is 0 Å². The van der Waals surface area contributed by atoms with Gasteiger partial charge in [0.25, 0.3) is 0 Å². The quantitative estimate of drug-likeness (QED) is 0.311. The number of nitrogens with zero attached hydrogens (tertiary/aromatic N) is 2. The number of amidine groups is 1. The molecule has 0 aliphatic heterocycles. The molecule has 0 saturated carbocycles. The van der Waals surface area contributed by atoms with E-state index in [1.54, 1.807) is 12.3 Å². The van der Waals surface area contributed by atoms with Crippen molar-refractivity contribution in [2.24, 2.45) is 10.9 Å². The Morgan fingerprint density at radius 2 is 2.44 bits per heavy atom. The van der Waals surface area contributed by atoms with Gasteiger partial charge in [-0.3, -0.25) is 4.98 Å². The van der Waals surface area contributed by atoms with E-state index in [9.17, 15) is 0 Å². The summed E-state index contributed by atoms with van der Waals surface area (Å²) in [6.45, 7) is 4.57. The van der Waals surface area contributed by atoms with Crippen LogP contribution in [-0.4, -0.2) is 22.6 Å². The van der Waals surface area contributed by atoms with Crippen LogP contribution in [0.15, 0.2) is 35.1 Å². The number of nitrogens with two attached hydrogens (primary N) is 1. The Balaban J connectivity index is 2.75. The number of aromatic nitrogens is 1. The van der Waals surface area contributed by atoms with Gasteiger partial charge in [-0.05, 0) is 11.6 Å². The van der Waals surface area contributed by atoms with Gasteiger partial charge in [0.15, 0.2) is 5.84 Å². The van der Waals surface area contributed by atoms with Gasteiger partial charge in [-0.2, -0.15) is 0 Å². The van der Waals surface area contributed by atoms with Crippen molar-refractivity contribution in [3.8, 4) is 0 Å². The summed E-state index contributed by atoms with van der Waals surface area (Å²) in [7, 11) is 0. The second kappa shape index (κ2) is 6.09. The van der Waals surface area contributed by atoms with E-state index in [2.05, 4.69) is 22.0 Å². The molecule has 1 aromatic heterocycles. The Hall–Kier alpha value is -1.59. The number of hydrogen-bond acceptors (Lipinski definition) is 4. The van der Waals surface area contributed by atoms with Gasteiger partial charge >= 0.3 is 0 Å². The molecule has 0 aliphatic rings. The Labute approximate surface area is 98.6 Å². The summed E-state index contributed by atoms with van der Waals surface area (Å²) < 4.78 is 0. The van der Waals surface area contributed by atoms with Crippen molar-refractivity contribution in [3.63, 3.8) is 0 Å². The number of pyridine rings is 1. The van der Waals surface area contributed by atoms with Crippen molar-refractivity contribution in [2.75, 3.05) is 6.54 Å². The van der Waals surface area contributed by atoms with Crippen LogP contribution in [0.1, 0.15) is 11.3 Å². The van der Waals surface area contributed by atoms with Crippen molar-refractivity contribution >= 4 is 17.4 Å². The van der Waals surface area contributed by atoms with Gasteiger partial charge in [-0.25, -0.2) is 0 Å². The summed E-state index contributed by atoms with van der Waals surface area (Å²) in [5.74, 6) is -0.0119. The van der Waals surface area contributed by atoms with Gasteiger partial charge in [0.05, 0.1) is 0 Å². The molecule has 0 fully saturated rings. The van der Waals surface area contributed by atoms with Crippen molar-refractivity contribution in [2.45, 2.75) is 6.54 Å². The van der Waals surface area contributed by atoms with Gasteiger partial charge in [0, 0.05) is 24.3 Å². The predicted octanol–water partition coefficient (Wildman–Crippen LogP) is 1.02. The standard InChI is InChI=1S/C10H13ClN4O/c1-7(11)5-13-6-8-3-2-4-14-9(8)10(12)15-16/h2-4,13,16H,1,5-6H2,(H2,12,15). The first-order chi connectivity index (χ1) is 7.65. The predicted molar refractivity (Wildman–Crippen MR) is 63.4 cm³/mol. The van der Waals surface area contributed by atoms with Gasteiger partial charge in [-0.15, -0.1) is 0 Å². The molecular formula is C10H13ClN4O. The van der Waals surface area contributed by atoms with Crippen LogP contribution < -0.4 is 11.1 Å². The normalized spacial score (nSPS) is 11.4. The summed E-state index contributed by atoms with van der Waals surface area (Å²) in [5.41, 5.74) is 6.78. The molecule has 0 spiro atoms. The van der Waals surface area contributed by atoms with E-state index in [0.717, 1.165) is 5.56 Å². The maximum atomic E-state index is 8.59. The van der Waals surface area contributed by atoms with Crippen LogP contribution in [-0.2, 0) is 6.54 Å². The molecule has 0 aliphatic carbocycles. The molecule has 5 nitrogen and oxygen atoms in total. The van der Waals surface area contributed by atoms with E-state index in [0.29, 0.717) is 23.8 Å². The lowest BCUT2D eigenvalue weighted by atomic mass is 10.2. The number of oxime groups is 1. The zero-order valence-electron chi connectivity index (χ0n) is 8.65. The zero-order chi connectivity index (χ0) is 12.0. The summed E-state index contributed by atoms with van der Waals surface area (Å²) in [4.78, 5) is 4.04. The Morgan fingerprint density at radius 3 is 3.06 bits per heavy atom. The fourth-order valence-electron chi connectivity index (χ4n) is 1.19. The van der Waals surface area contributed by atoms with Crippen LogP contribution in [0.25, 0.3) is 0 Å². The monoisotopic (exact) mass is 240 g/mol. The average molecular weight is 241 g/mol. The smallest absolute Gasteiger partial charge is 0.189 e. The van der Waals surface area contributed by atoms with E-state index >= 15 is 0 Å². The first-order valence-electron chi connectivity index (χ1n) is 4.61. The Kier molecular flexibility index (Phi) is 4.75. The molecule has 0 saturated heterocycles. The maximum absolute atomic E-state index is 8.59. The third-order valence-electron chi connectivity index (χ3n) is 1.87. The van der Waals surface area contributed by atoms with E-state index in [4.69, 9.17) is 22.5 Å². The molecule has 0 amide bonds. The molecule has 0 bridgehead atoms. The molecule has 0 radical (unpaired) electrons. The minimum atomic E-state index is -0.0119. The lowest BCUT2D eigenvalue weighted by molar-refractivity contribution is 0.318. The van der Waals surface area contributed by atoms with Crippen LogP contribution in [0.5, 0.6) is 0 Å². The molecule has 0 atom stereocenters. The van der Waals surface area contributed by atoms with Crippen molar-refractivity contribution in [3.05, 3.63) is 41.2 Å². The van der Waals surface area contributed by atoms with Crippen LogP contribution in [0.3, 0.4) is 0 Å². The minimum Gasteiger partial charge on any atom is -0.409 e. The zero-order valence-corrected chi connectivity index (χ0v) is 9.41. The summed E-state index contributed by atoms with van der Waals surface area (Å²) >= 11 is 5.61. The van der Waals surface area contributed by atoms with Gasteiger partial charge in [0.1, 0.15) is 5.69 Å². The molecule has 1 aromatic rings. The second-order valence-corrected chi connectivity index (χ2v) is 3.65. The fourth-order valence-corrected chi connectivity index (χ4v) is 1.29. The van der Waals surface area contributed by atoms with Gasteiger partial charge < -0.3 is 16.3 Å². The fraction of sp³-hybridized carbons (Fsp3) is 0.200. The highest BCUT2D eigenvalue weighted by atomic mass is 35.5. The number of hydrogen-bond donors (Lipinski definition) is 3. The lowest BCUT2D eigenvalue weighted by Gasteiger charge is -2.07. The minimum absolute atomic E-state index is 0.0119. The second-order valence-electron chi connectivity index (χ2n) is 3.12. The summed E-state index contributed by atoms with van der Waals surface area (Å²) in [5, 5.41) is 15.1. The van der Waals surface area contributed by atoms with Crippen LogP contribution in [0.2, 0.25) is 0 Å². The molecule has 1 heterocycles. The number of nitrogens with one attached hydrogen (secondary N) is 1. The Morgan fingerprint density at radius 1 is 1.69 bits per heavy atom. The molecule has 6 heteroatoms. The lowest BCUT2D eigenvalue weighted by Crippen LogP contribution is -2.21. The van der Waals surface area contributed by atoms with E-state index in [1.165, 1.54) is 0 Å².